The maximum Gasteiger partial charge on any atom is 0.191 e. The van der Waals surface area contributed by atoms with Crippen molar-refractivity contribution in [1.82, 2.24) is 0 Å². The first-order valence-corrected chi connectivity index (χ1v) is 12.5. The molecule has 0 heterocycles. The molecule has 1 atom stereocenters. The van der Waals surface area contributed by atoms with Crippen molar-refractivity contribution in [2.45, 2.75) is 51.2 Å². The van der Waals surface area contributed by atoms with E-state index in [1.54, 1.807) is 0 Å². The number of benzene rings is 1. The summed E-state index contributed by atoms with van der Waals surface area (Å²) in [6.45, 7) is 10.8. The zero-order valence-corrected chi connectivity index (χ0v) is 19.1. The summed E-state index contributed by atoms with van der Waals surface area (Å²) in [5, 5.41) is 58.1. The molecule has 0 N–H and O–H groups in total. The predicted molar refractivity (Wildman–Crippen MR) is 114 cm³/mol. The number of nitriles is 6. The van der Waals surface area contributed by atoms with Gasteiger partial charge in [0.25, 0.3) is 0 Å². The third-order valence-electron chi connectivity index (χ3n) is 6.11. The van der Waals surface area contributed by atoms with Crippen molar-refractivity contribution in [2.75, 3.05) is 6.61 Å². The first-order valence-electron chi connectivity index (χ1n) is 9.57. The summed E-state index contributed by atoms with van der Waals surface area (Å²) in [7, 11) is -2.07. The molecule has 2 rings (SSSR count). The van der Waals surface area contributed by atoms with Crippen molar-refractivity contribution in [3.63, 3.8) is 0 Å². The lowest BCUT2D eigenvalue weighted by Crippen LogP contribution is -2.41. The molecule has 0 fully saturated rings. The topological polar surface area (TPSA) is 152 Å². The van der Waals surface area contributed by atoms with E-state index in [0.717, 1.165) is 0 Å². The fourth-order valence-corrected chi connectivity index (χ4v) is 4.53. The summed E-state index contributed by atoms with van der Waals surface area (Å²) in [5.41, 5.74) is -0.149. The second-order valence-electron chi connectivity index (χ2n) is 8.70. The van der Waals surface area contributed by atoms with E-state index in [2.05, 4.69) is 33.9 Å². The van der Waals surface area contributed by atoms with E-state index in [9.17, 15) is 31.6 Å². The van der Waals surface area contributed by atoms with Gasteiger partial charge in [-0.25, -0.2) is 0 Å². The minimum absolute atomic E-state index is 0.0201. The Morgan fingerprint density at radius 2 is 1.29 bits per heavy atom. The summed E-state index contributed by atoms with van der Waals surface area (Å²) in [4.78, 5) is 0. The van der Waals surface area contributed by atoms with Gasteiger partial charge in [0.05, 0.1) is 39.5 Å². The zero-order valence-electron chi connectivity index (χ0n) is 18.1. The monoisotopic (exact) mass is 424 g/mol. The van der Waals surface area contributed by atoms with Crippen LogP contribution in [0.25, 0.3) is 5.57 Å². The first kappa shape index (κ1) is 23.4. The maximum absolute atomic E-state index is 9.79. The number of fused-ring (bicyclic) bond motifs is 1. The van der Waals surface area contributed by atoms with Gasteiger partial charge in [-0.3, -0.25) is 0 Å². The van der Waals surface area contributed by atoms with Crippen molar-refractivity contribution in [1.29, 1.82) is 31.6 Å². The van der Waals surface area contributed by atoms with Gasteiger partial charge in [-0.05, 0) is 30.1 Å². The molecule has 152 valence electrons. The van der Waals surface area contributed by atoms with Crippen LogP contribution in [0, 0.1) is 68.0 Å². The average Bonchev–Trinajstić information content (AvgIpc) is 3.03. The van der Waals surface area contributed by atoms with Crippen molar-refractivity contribution in [3.05, 3.63) is 39.0 Å². The Morgan fingerprint density at radius 3 is 1.71 bits per heavy atom. The van der Waals surface area contributed by atoms with Gasteiger partial charge in [0.15, 0.2) is 8.32 Å². The van der Waals surface area contributed by atoms with Gasteiger partial charge in [-0.15, -0.1) is 0 Å². The highest BCUT2D eigenvalue weighted by Crippen LogP contribution is 2.48. The highest BCUT2D eigenvalue weighted by Gasteiger charge is 2.41. The lowest BCUT2D eigenvalue weighted by Gasteiger charge is -2.36. The highest BCUT2D eigenvalue weighted by molar-refractivity contribution is 6.74. The second kappa shape index (κ2) is 8.44. The molecule has 0 aliphatic heterocycles. The molecule has 1 aliphatic rings. The van der Waals surface area contributed by atoms with Crippen LogP contribution in [-0.2, 0) is 4.43 Å². The molecule has 0 saturated carbocycles. The Bertz CT molecular complexity index is 1240. The van der Waals surface area contributed by atoms with E-state index < -0.39 is 14.2 Å². The molecule has 0 amide bonds. The van der Waals surface area contributed by atoms with Crippen LogP contribution in [0.2, 0.25) is 18.1 Å². The summed E-state index contributed by atoms with van der Waals surface area (Å²) in [6, 6.07) is 11.5. The van der Waals surface area contributed by atoms with Crippen LogP contribution in [0.3, 0.4) is 0 Å². The van der Waals surface area contributed by atoms with Crippen LogP contribution in [0.4, 0.5) is 0 Å². The third kappa shape index (κ3) is 3.68. The van der Waals surface area contributed by atoms with Crippen molar-refractivity contribution < 1.29 is 4.43 Å². The average molecular weight is 425 g/mol. The normalized spacial score (nSPS) is 15.0. The van der Waals surface area contributed by atoms with Gasteiger partial charge in [-0.1, -0.05) is 20.8 Å². The summed E-state index contributed by atoms with van der Waals surface area (Å²) in [6.07, 6.45) is 0.309. The van der Waals surface area contributed by atoms with Gasteiger partial charge in [0.2, 0.25) is 0 Å². The second-order valence-corrected chi connectivity index (χ2v) is 13.5. The lowest BCUT2D eigenvalue weighted by molar-refractivity contribution is 0.277. The molecular weight excluding hydrogens is 404 g/mol. The van der Waals surface area contributed by atoms with E-state index in [1.807, 2.05) is 36.4 Å². The van der Waals surface area contributed by atoms with Gasteiger partial charge < -0.3 is 4.43 Å². The third-order valence-corrected chi connectivity index (χ3v) is 10.6. The first-order chi connectivity index (χ1) is 14.5. The van der Waals surface area contributed by atoms with Crippen molar-refractivity contribution in [3.8, 4) is 36.4 Å². The van der Waals surface area contributed by atoms with E-state index in [0.29, 0.717) is 18.6 Å². The Kier molecular flexibility index (Phi) is 6.36. The van der Waals surface area contributed by atoms with Gasteiger partial charge >= 0.3 is 0 Å². The van der Waals surface area contributed by atoms with Crippen LogP contribution in [0.15, 0.2) is 5.57 Å². The van der Waals surface area contributed by atoms with Crippen LogP contribution in [0.1, 0.15) is 66.5 Å². The number of rotatable bonds is 4. The maximum atomic E-state index is 9.79. The summed E-state index contributed by atoms with van der Waals surface area (Å²) < 4.78 is 6.22. The SMILES string of the molecule is CC(C)(C)[Si](C)(C)OCCC1C(C#N)=C(C#N)c2c(C#N)c(C#N)c(C#N)c(C#N)c21. The fraction of sp³-hybridized carbons (Fsp3) is 0.391. The minimum Gasteiger partial charge on any atom is -0.417 e. The summed E-state index contributed by atoms with van der Waals surface area (Å²) >= 11 is 0. The molecule has 8 heteroatoms. The Morgan fingerprint density at radius 1 is 0.774 bits per heavy atom. The lowest BCUT2D eigenvalue weighted by atomic mass is 9.83. The smallest absolute Gasteiger partial charge is 0.191 e. The van der Waals surface area contributed by atoms with Crippen LogP contribution >= 0.6 is 0 Å². The van der Waals surface area contributed by atoms with Gasteiger partial charge in [-0.2, -0.15) is 31.6 Å². The van der Waals surface area contributed by atoms with Crippen molar-refractivity contribution in [2.24, 2.45) is 0 Å². The van der Waals surface area contributed by atoms with Gasteiger partial charge in [0.1, 0.15) is 30.3 Å². The molecule has 1 unspecified atom stereocenters. The van der Waals surface area contributed by atoms with E-state index in [4.69, 9.17) is 4.43 Å². The molecular formula is C23H20N6OSi. The molecule has 0 radical (unpaired) electrons. The molecule has 7 nitrogen and oxygen atoms in total. The number of hydrogen-bond donors (Lipinski definition) is 0. The fourth-order valence-electron chi connectivity index (χ4n) is 3.47. The number of nitrogens with zero attached hydrogens (tertiary/aromatic N) is 6. The molecule has 1 aromatic carbocycles. The molecule has 0 bridgehead atoms. The van der Waals surface area contributed by atoms with Crippen LogP contribution in [0.5, 0.6) is 0 Å². The van der Waals surface area contributed by atoms with Gasteiger partial charge in [0, 0.05) is 18.1 Å². The molecule has 31 heavy (non-hydrogen) atoms. The molecule has 0 spiro atoms. The zero-order chi connectivity index (χ0) is 23.6. The molecule has 1 aromatic rings. The largest absolute Gasteiger partial charge is 0.417 e. The molecule has 1 aliphatic carbocycles. The highest BCUT2D eigenvalue weighted by atomic mass is 28.4. The number of allylic oxidation sites excluding steroid dienone is 2. The minimum atomic E-state index is -2.07. The summed E-state index contributed by atoms with van der Waals surface area (Å²) in [5.74, 6) is -0.666. The van der Waals surface area contributed by atoms with E-state index in [-0.39, 0.29) is 44.0 Å². The predicted octanol–water partition coefficient (Wildman–Crippen LogP) is 4.48. The quantitative estimate of drug-likeness (QED) is 0.646. The van der Waals surface area contributed by atoms with Crippen LogP contribution < -0.4 is 0 Å². The van der Waals surface area contributed by atoms with E-state index in [1.165, 1.54) is 0 Å². The standard InChI is InChI=1S/C23H20N6OSi/c1-23(2,3)31(4,5)30-7-6-14-15(8-24)18(11-27)22-20(13-29)17(10-26)16(9-25)19(12-28)21(14)22/h14H,6-7H2,1-5H3. The molecule has 0 saturated heterocycles. The Hall–Kier alpha value is -3.92. The Balaban J connectivity index is 2.73. The molecule has 0 aromatic heterocycles. The Labute approximate surface area is 183 Å². The van der Waals surface area contributed by atoms with E-state index >= 15 is 0 Å². The van der Waals surface area contributed by atoms with Crippen LogP contribution in [-0.4, -0.2) is 14.9 Å². The van der Waals surface area contributed by atoms with Crippen molar-refractivity contribution >= 4 is 13.9 Å². The number of hydrogen-bond acceptors (Lipinski definition) is 7.